The van der Waals surface area contributed by atoms with Crippen LogP contribution < -0.4 is 0 Å². The summed E-state index contributed by atoms with van der Waals surface area (Å²) in [5.74, 6) is 0. The fraction of sp³-hybridized carbons (Fsp3) is 0.273. The number of benzene rings is 1. The molecule has 74 valence electrons. The van der Waals surface area contributed by atoms with Crippen LogP contribution in [0, 0.1) is 0 Å². The number of rotatable bonds is 2. The Bertz CT molecular complexity index is 462. The number of aryl methyl sites for hydroxylation is 1. The fourth-order valence-corrected chi connectivity index (χ4v) is 3.42. The van der Waals surface area contributed by atoms with Crippen molar-refractivity contribution in [3.05, 3.63) is 33.1 Å². The first-order valence-corrected chi connectivity index (χ1v) is 6.23. The second kappa shape index (κ2) is 4.01. The minimum atomic E-state index is 0.0931. The molecular formula is C11H11BrOS. The standard InChI is InChI=1S/C11H11BrOS/c1-2-7-6-14-11-9(7)4-3-8(5-13)10(11)12/h3-4,6,13H,2,5H2,1H3. The predicted octanol–water partition coefficient (Wildman–Crippen LogP) is 3.72. The number of halogens is 1. The molecule has 0 saturated carbocycles. The third-order valence-corrected chi connectivity index (χ3v) is 4.62. The van der Waals surface area contributed by atoms with Crippen molar-refractivity contribution in [3.63, 3.8) is 0 Å². The van der Waals surface area contributed by atoms with Gasteiger partial charge in [0.05, 0.1) is 6.61 Å². The molecule has 0 amide bonds. The van der Waals surface area contributed by atoms with Gasteiger partial charge in [-0.05, 0) is 44.2 Å². The Morgan fingerprint density at radius 3 is 2.79 bits per heavy atom. The van der Waals surface area contributed by atoms with Crippen LogP contribution in [-0.4, -0.2) is 5.11 Å². The van der Waals surface area contributed by atoms with Gasteiger partial charge in [-0.25, -0.2) is 0 Å². The SMILES string of the molecule is CCc1csc2c(Br)c(CO)ccc12. The van der Waals surface area contributed by atoms with Crippen molar-refractivity contribution < 1.29 is 5.11 Å². The number of thiophene rings is 1. The Balaban J connectivity index is 2.72. The van der Waals surface area contributed by atoms with Gasteiger partial charge in [0.15, 0.2) is 0 Å². The lowest BCUT2D eigenvalue weighted by Crippen LogP contribution is -1.85. The summed E-state index contributed by atoms with van der Waals surface area (Å²) in [6.07, 6.45) is 1.06. The highest BCUT2D eigenvalue weighted by Gasteiger charge is 2.08. The number of hydrogen-bond donors (Lipinski definition) is 1. The summed E-state index contributed by atoms with van der Waals surface area (Å²) in [5.41, 5.74) is 2.34. The van der Waals surface area contributed by atoms with Gasteiger partial charge in [-0.2, -0.15) is 0 Å². The molecule has 1 aromatic heterocycles. The van der Waals surface area contributed by atoms with E-state index in [4.69, 9.17) is 5.11 Å². The molecule has 0 aliphatic carbocycles. The maximum Gasteiger partial charge on any atom is 0.0693 e. The van der Waals surface area contributed by atoms with Gasteiger partial charge in [0.1, 0.15) is 0 Å². The summed E-state index contributed by atoms with van der Waals surface area (Å²) in [7, 11) is 0. The van der Waals surface area contributed by atoms with Crippen LogP contribution in [-0.2, 0) is 13.0 Å². The lowest BCUT2D eigenvalue weighted by Gasteiger charge is -2.02. The van der Waals surface area contributed by atoms with Crippen molar-refractivity contribution >= 4 is 37.4 Å². The summed E-state index contributed by atoms with van der Waals surface area (Å²) in [6.45, 7) is 2.26. The minimum Gasteiger partial charge on any atom is -0.392 e. The Morgan fingerprint density at radius 2 is 2.14 bits per heavy atom. The van der Waals surface area contributed by atoms with E-state index < -0.39 is 0 Å². The predicted molar refractivity (Wildman–Crippen MR) is 64.8 cm³/mol. The first-order valence-electron chi connectivity index (χ1n) is 4.56. The molecule has 0 bridgehead atoms. The molecular weight excluding hydrogens is 260 g/mol. The van der Waals surface area contributed by atoms with E-state index >= 15 is 0 Å². The molecule has 1 nitrogen and oxygen atoms in total. The van der Waals surface area contributed by atoms with Gasteiger partial charge in [0, 0.05) is 9.17 Å². The van der Waals surface area contributed by atoms with E-state index in [-0.39, 0.29) is 6.61 Å². The molecule has 0 radical (unpaired) electrons. The van der Waals surface area contributed by atoms with E-state index in [1.54, 1.807) is 11.3 Å². The Kier molecular flexibility index (Phi) is 2.91. The first kappa shape index (κ1) is 10.1. The number of aliphatic hydroxyl groups excluding tert-OH is 1. The average Bonchev–Trinajstić information content (AvgIpc) is 2.62. The molecule has 0 saturated heterocycles. The summed E-state index contributed by atoms with van der Waals surface area (Å²) in [6, 6.07) is 4.08. The van der Waals surface area contributed by atoms with E-state index in [2.05, 4.69) is 34.3 Å². The van der Waals surface area contributed by atoms with Gasteiger partial charge in [0.25, 0.3) is 0 Å². The molecule has 2 rings (SSSR count). The maximum atomic E-state index is 9.12. The quantitative estimate of drug-likeness (QED) is 0.882. The zero-order chi connectivity index (χ0) is 10.1. The highest BCUT2D eigenvalue weighted by molar-refractivity contribution is 9.10. The van der Waals surface area contributed by atoms with Crippen molar-refractivity contribution in [2.24, 2.45) is 0 Å². The van der Waals surface area contributed by atoms with Crippen LogP contribution in [0.2, 0.25) is 0 Å². The largest absolute Gasteiger partial charge is 0.392 e. The van der Waals surface area contributed by atoms with Crippen LogP contribution in [0.25, 0.3) is 10.1 Å². The van der Waals surface area contributed by atoms with Gasteiger partial charge in [-0.1, -0.05) is 19.1 Å². The second-order valence-electron chi connectivity index (χ2n) is 3.19. The van der Waals surface area contributed by atoms with Crippen LogP contribution in [0.4, 0.5) is 0 Å². The van der Waals surface area contributed by atoms with E-state index in [1.807, 2.05) is 6.07 Å². The number of hydrogen-bond acceptors (Lipinski definition) is 2. The van der Waals surface area contributed by atoms with Gasteiger partial charge in [-0.15, -0.1) is 11.3 Å². The van der Waals surface area contributed by atoms with E-state index in [1.165, 1.54) is 15.6 Å². The Morgan fingerprint density at radius 1 is 1.36 bits per heavy atom. The molecule has 0 fully saturated rings. The molecule has 1 aromatic carbocycles. The van der Waals surface area contributed by atoms with Gasteiger partial charge >= 0.3 is 0 Å². The normalized spacial score (nSPS) is 11.1. The molecule has 2 aromatic rings. The molecule has 0 atom stereocenters. The van der Waals surface area contributed by atoms with E-state index in [0.717, 1.165) is 16.5 Å². The Hall–Kier alpha value is -0.380. The monoisotopic (exact) mass is 270 g/mol. The van der Waals surface area contributed by atoms with Crippen molar-refractivity contribution in [2.45, 2.75) is 20.0 Å². The zero-order valence-corrected chi connectivity index (χ0v) is 10.3. The third-order valence-electron chi connectivity index (χ3n) is 2.39. The zero-order valence-electron chi connectivity index (χ0n) is 7.88. The molecule has 14 heavy (non-hydrogen) atoms. The average molecular weight is 271 g/mol. The van der Waals surface area contributed by atoms with Gasteiger partial charge < -0.3 is 5.11 Å². The van der Waals surface area contributed by atoms with Crippen molar-refractivity contribution in [2.75, 3.05) is 0 Å². The van der Waals surface area contributed by atoms with Crippen molar-refractivity contribution in [1.82, 2.24) is 0 Å². The third kappa shape index (κ3) is 1.49. The molecule has 0 aliphatic heterocycles. The smallest absolute Gasteiger partial charge is 0.0693 e. The molecule has 1 N–H and O–H groups in total. The van der Waals surface area contributed by atoms with Crippen LogP contribution in [0.15, 0.2) is 22.0 Å². The van der Waals surface area contributed by atoms with Crippen molar-refractivity contribution in [1.29, 1.82) is 0 Å². The lowest BCUT2D eigenvalue weighted by molar-refractivity contribution is 0.281. The second-order valence-corrected chi connectivity index (χ2v) is 4.86. The molecule has 3 heteroatoms. The summed E-state index contributed by atoms with van der Waals surface area (Å²) < 4.78 is 2.29. The first-order chi connectivity index (χ1) is 6.77. The van der Waals surface area contributed by atoms with Gasteiger partial charge in [0.2, 0.25) is 0 Å². The van der Waals surface area contributed by atoms with Crippen LogP contribution in [0.3, 0.4) is 0 Å². The van der Waals surface area contributed by atoms with Crippen LogP contribution in [0.5, 0.6) is 0 Å². The van der Waals surface area contributed by atoms with Crippen LogP contribution in [0.1, 0.15) is 18.1 Å². The van der Waals surface area contributed by atoms with Crippen molar-refractivity contribution in [3.8, 4) is 0 Å². The van der Waals surface area contributed by atoms with E-state index in [0.29, 0.717) is 0 Å². The van der Waals surface area contributed by atoms with Crippen LogP contribution >= 0.6 is 27.3 Å². The topological polar surface area (TPSA) is 20.2 Å². The highest BCUT2D eigenvalue weighted by Crippen LogP contribution is 2.34. The summed E-state index contributed by atoms with van der Waals surface area (Å²) in [5, 5.41) is 12.6. The fourth-order valence-electron chi connectivity index (χ4n) is 1.55. The summed E-state index contributed by atoms with van der Waals surface area (Å²) >= 11 is 5.27. The molecule has 1 heterocycles. The minimum absolute atomic E-state index is 0.0931. The van der Waals surface area contributed by atoms with E-state index in [9.17, 15) is 0 Å². The lowest BCUT2D eigenvalue weighted by atomic mass is 10.1. The maximum absolute atomic E-state index is 9.12. The Labute approximate surface area is 95.5 Å². The molecule has 0 unspecified atom stereocenters. The highest BCUT2D eigenvalue weighted by atomic mass is 79.9. The molecule has 0 aliphatic rings. The summed E-state index contributed by atoms with van der Waals surface area (Å²) in [4.78, 5) is 0. The van der Waals surface area contributed by atoms with Gasteiger partial charge in [-0.3, -0.25) is 0 Å². The number of fused-ring (bicyclic) bond motifs is 1. The molecule has 0 spiro atoms. The number of aliphatic hydroxyl groups is 1.